The smallest absolute Gasteiger partial charge is 0.0670 e. The molecule has 1 aromatic heterocycles. The first kappa shape index (κ1) is 8.15. The summed E-state index contributed by atoms with van der Waals surface area (Å²) in [5.74, 6) is 0. The van der Waals surface area contributed by atoms with Crippen LogP contribution in [0.3, 0.4) is 0 Å². The van der Waals surface area contributed by atoms with Gasteiger partial charge >= 0.3 is 0 Å². The van der Waals surface area contributed by atoms with E-state index in [-0.39, 0.29) is 0 Å². The van der Waals surface area contributed by atoms with Crippen molar-refractivity contribution >= 4 is 22.5 Å². The Morgan fingerprint density at radius 1 is 1.46 bits per heavy atom. The Morgan fingerprint density at radius 3 is 3.08 bits per heavy atom. The molecule has 1 aromatic carbocycles. The van der Waals surface area contributed by atoms with Gasteiger partial charge in [0.1, 0.15) is 0 Å². The summed E-state index contributed by atoms with van der Waals surface area (Å²) < 4.78 is 0. The predicted octanol–water partition coefficient (Wildman–Crippen LogP) is 2.89. The number of hydrogen-bond donors (Lipinski definition) is 1. The van der Waals surface area contributed by atoms with Gasteiger partial charge in [0, 0.05) is 17.1 Å². The Hall–Kier alpha value is -1.46. The number of nitriles is 1. The van der Waals surface area contributed by atoms with Crippen molar-refractivity contribution in [1.29, 1.82) is 5.26 Å². The van der Waals surface area contributed by atoms with E-state index in [1.54, 1.807) is 0 Å². The van der Waals surface area contributed by atoms with Crippen LogP contribution in [0.5, 0.6) is 0 Å². The molecule has 0 aliphatic carbocycles. The van der Waals surface area contributed by atoms with Crippen LogP contribution in [0.4, 0.5) is 0 Å². The third kappa shape index (κ3) is 1.28. The molecule has 13 heavy (non-hydrogen) atoms. The van der Waals surface area contributed by atoms with E-state index in [2.05, 4.69) is 11.1 Å². The molecule has 64 valence electrons. The highest BCUT2D eigenvalue weighted by Crippen LogP contribution is 2.26. The topological polar surface area (TPSA) is 39.6 Å². The van der Waals surface area contributed by atoms with E-state index >= 15 is 0 Å². The van der Waals surface area contributed by atoms with Crippen molar-refractivity contribution in [3.63, 3.8) is 0 Å². The second-order valence-corrected chi connectivity index (χ2v) is 3.22. The van der Waals surface area contributed by atoms with Crippen molar-refractivity contribution in [3.8, 4) is 6.07 Å². The quantitative estimate of drug-likeness (QED) is 0.738. The van der Waals surface area contributed by atoms with Crippen LogP contribution in [0.25, 0.3) is 10.9 Å². The number of rotatable bonds is 1. The number of nitrogens with zero attached hydrogens (tertiary/aromatic N) is 1. The molecule has 0 amide bonds. The van der Waals surface area contributed by atoms with Gasteiger partial charge in [0.25, 0.3) is 0 Å². The summed E-state index contributed by atoms with van der Waals surface area (Å²) in [6.07, 6.45) is 2.23. The zero-order chi connectivity index (χ0) is 9.26. The second kappa shape index (κ2) is 3.12. The molecule has 2 aromatic rings. The van der Waals surface area contributed by atoms with Crippen molar-refractivity contribution in [2.45, 2.75) is 6.42 Å². The summed E-state index contributed by atoms with van der Waals surface area (Å²) in [5.41, 5.74) is 1.95. The number of benzene rings is 1. The van der Waals surface area contributed by atoms with Gasteiger partial charge in [-0.15, -0.1) is 0 Å². The molecule has 0 saturated heterocycles. The van der Waals surface area contributed by atoms with Crippen LogP contribution in [0.15, 0.2) is 24.4 Å². The number of fused-ring (bicyclic) bond motifs is 1. The fourth-order valence-electron chi connectivity index (χ4n) is 1.43. The standard InChI is InChI=1S/C10H7ClN2/c11-8-2-1-3-9-10(8)7(4-5-12)6-13-9/h1-3,6,13H,4H2. The number of aromatic amines is 1. The maximum atomic E-state index is 8.58. The van der Waals surface area contributed by atoms with Crippen LogP contribution in [-0.2, 0) is 6.42 Å². The molecule has 3 heteroatoms. The van der Waals surface area contributed by atoms with Crippen LogP contribution in [0, 0.1) is 11.3 Å². The summed E-state index contributed by atoms with van der Waals surface area (Å²) in [6.45, 7) is 0. The van der Waals surface area contributed by atoms with Crippen molar-refractivity contribution in [1.82, 2.24) is 4.98 Å². The highest BCUT2D eigenvalue weighted by Gasteiger charge is 2.05. The second-order valence-electron chi connectivity index (χ2n) is 2.81. The van der Waals surface area contributed by atoms with Gasteiger partial charge in [-0.1, -0.05) is 17.7 Å². The Labute approximate surface area is 80.7 Å². The Bertz CT molecular complexity index is 479. The summed E-state index contributed by atoms with van der Waals surface area (Å²) in [5, 5.41) is 10.2. The monoisotopic (exact) mass is 190 g/mol. The SMILES string of the molecule is N#CCc1c[nH]c2cccc(Cl)c12. The van der Waals surface area contributed by atoms with E-state index in [4.69, 9.17) is 16.9 Å². The lowest BCUT2D eigenvalue weighted by atomic mass is 10.1. The van der Waals surface area contributed by atoms with Crippen molar-refractivity contribution in [3.05, 3.63) is 35.0 Å². The summed E-state index contributed by atoms with van der Waals surface area (Å²) in [4.78, 5) is 3.08. The minimum Gasteiger partial charge on any atom is -0.361 e. The first-order chi connectivity index (χ1) is 6.33. The number of aromatic nitrogens is 1. The maximum absolute atomic E-state index is 8.58. The molecule has 0 saturated carbocycles. The molecule has 0 spiro atoms. The first-order valence-corrected chi connectivity index (χ1v) is 4.32. The average Bonchev–Trinajstić information content (AvgIpc) is 2.51. The van der Waals surface area contributed by atoms with E-state index < -0.39 is 0 Å². The number of H-pyrrole nitrogens is 1. The Balaban J connectivity index is 2.73. The van der Waals surface area contributed by atoms with Gasteiger partial charge in [-0.05, 0) is 17.7 Å². The van der Waals surface area contributed by atoms with Crippen LogP contribution in [-0.4, -0.2) is 4.98 Å². The third-order valence-corrected chi connectivity index (χ3v) is 2.32. The maximum Gasteiger partial charge on any atom is 0.0670 e. The van der Waals surface area contributed by atoms with Gasteiger partial charge in [0.15, 0.2) is 0 Å². The minimum atomic E-state index is 0.393. The zero-order valence-electron chi connectivity index (χ0n) is 6.84. The molecule has 0 atom stereocenters. The molecule has 2 rings (SSSR count). The summed E-state index contributed by atoms with van der Waals surface area (Å²) >= 11 is 6.01. The van der Waals surface area contributed by atoms with Crippen LogP contribution in [0.1, 0.15) is 5.56 Å². The zero-order valence-corrected chi connectivity index (χ0v) is 7.60. The van der Waals surface area contributed by atoms with E-state index in [0.29, 0.717) is 11.4 Å². The van der Waals surface area contributed by atoms with Crippen molar-refractivity contribution in [2.24, 2.45) is 0 Å². The van der Waals surface area contributed by atoms with Crippen molar-refractivity contribution < 1.29 is 0 Å². The Kier molecular flexibility index (Phi) is 1.96. The Morgan fingerprint density at radius 2 is 2.31 bits per heavy atom. The van der Waals surface area contributed by atoms with E-state index in [0.717, 1.165) is 16.5 Å². The number of hydrogen-bond acceptors (Lipinski definition) is 1. The molecule has 0 unspecified atom stereocenters. The van der Waals surface area contributed by atoms with Gasteiger partial charge in [0.2, 0.25) is 0 Å². The summed E-state index contributed by atoms with van der Waals surface area (Å²) in [6, 6.07) is 7.78. The largest absolute Gasteiger partial charge is 0.361 e. The molecule has 2 nitrogen and oxygen atoms in total. The van der Waals surface area contributed by atoms with Crippen LogP contribution >= 0.6 is 11.6 Å². The molecule has 0 fully saturated rings. The third-order valence-electron chi connectivity index (χ3n) is 2.01. The lowest BCUT2D eigenvalue weighted by molar-refractivity contribution is 1.28. The van der Waals surface area contributed by atoms with Gasteiger partial charge in [0.05, 0.1) is 17.5 Å². The fourth-order valence-corrected chi connectivity index (χ4v) is 1.73. The molecule has 1 heterocycles. The van der Waals surface area contributed by atoms with Gasteiger partial charge in [-0.25, -0.2) is 0 Å². The molecule has 0 radical (unpaired) electrons. The molecule has 0 aliphatic heterocycles. The summed E-state index contributed by atoms with van der Waals surface area (Å²) in [7, 11) is 0. The van der Waals surface area contributed by atoms with E-state index in [1.807, 2.05) is 24.4 Å². The van der Waals surface area contributed by atoms with Gasteiger partial charge in [-0.3, -0.25) is 0 Å². The van der Waals surface area contributed by atoms with E-state index in [9.17, 15) is 0 Å². The molecular weight excluding hydrogens is 184 g/mol. The van der Waals surface area contributed by atoms with Gasteiger partial charge in [-0.2, -0.15) is 5.26 Å². The highest BCUT2D eigenvalue weighted by molar-refractivity contribution is 6.35. The number of halogens is 1. The highest BCUT2D eigenvalue weighted by atomic mass is 35.5. The molecule has 0 aliphatic rings. The predicted molar refractivity (Wildman–Crippen MR) is 52.6 cm³/mol. The lowest BCUT2D eigenvalue weighted by Gasteiger charge is -1.94. The normalized spacial score (nSPS) is 10.2. The van der Waals surface area contributed by atoms with Crippen molar-refractivity contribution in [2.75, 3.05) is 0 Å². The van der Waals surface area contributed by atoms with Crippen LogP contribution < -0.4 is 0 Å². The lowest BCUT2D eigenvalue weighted by Crippen LogP contribution is -1.77. The van der Waals surface area contributed by atoms with E-state index in [1.165, 1.54) is 0 Å². The number of nitrogens with one attached hydrogen (secondary N) is 1. The van der Waals surface area contributed by atoms with Crippen LogP contribution in [0.2, 0.25) is 5.02 Å². The minimum absolute atomic E-state index is 0.393. The average molecular weight is 191 g/mol. The molecule has 0 bridgehead atoms. The first-order valence-electron chi connectivity index (χ1n) is 3.94. The fraction of sp³-hybridized carbons (Fsp3) is 0.100. The molecule has 1 N–H and O–H groups in total. The van der Waals surface area contributed by atoms with Gasteiger partial charge < -0.3 is 4.98 Å². The molecular formula is C10H7ClN2.